The highest BCUT2D eigenvalue weighted by molar-refractivity contribution is 5.62. The van der Waals surface area contributed by atoms with E-state index in [0.717, 1.165) is 25.0 Å². The lowest BCUT2D eigenvalue weighted by Crippen LogP contribution is -2.32. The third-order valence-electron chi connectivity index (χ3n) is 3.30. The number of nitro groups is 1. The molecule has 0 radical (unpaired) electrons. The lowest BCUT2D eigenvalue weighted by atomic mass is 10.0. The molecule has 0 amide bonds. The number of anilines is 1. The molecule has 1 heterocycles. The highest BCUT2D eigenvalue weighted by Gasteiger charge is 2.30. The summed E-state index contributed by atoms with van der Waals surface area (Å²) in [4.78, 5) is 10.6. The zero-order chi connectivity index (χ0) is 13.2. The van der Waals surface area contributed by atoms with Crippen molar-refractivity contribution in [2.75, 3.05) is 18.5 Å². The third-order valence-corrected chi connectivity index (χ3v) is 3.30. The van der Waals surface area contributed by atoms with Crippen molar-refractivity contribution in [3.8, 4) is 0 Å². The van der Waals surface area contributed by atoms with E-state index in [0.29, 0.717) is 12.2 Å². The zero-order valence-electron chi connectivity index (χ0n) is 10.7. The lowest BCUT2D eigenvalue weighted by molar-refractivity contribution is -0.384. The van der Waals surface area contributed by atoms with Crippen LogP contribution in [0.4, 0.5) is 11.4 Å². The maximum Gasteiger partial charge on any atom is 0.292 e. The number of hydrogen-bond acceptors (Lipinski definition) is 4. The number of nitrogens with one attached hydrogen (secondary N) is 1. The average Bonchev–Trinajstić information content (AvgIpc) is 2.75. The van der Waals surface area contributed by atoms with Crippen LogP contribution >= 0.6 is 0 Å². The summed E-state index contributed by atoms with van der Waals surface area (Å²) >= 11 is 0. The molecule has 1 aliphatic rings. The average molecular weight is 250 g/mol. The minimum atomic E-state index is -0.354. The van der Waals surface area contributed by atoms with Crippen LogP contribution in [0.3, 0.4) is 0 Å². The Morgan fingerprint density at radius 2 is 2.33 bits per heavy atom. The monoisotopic (exact) mass is 250 g/mol. The normalized spacial score (nSPS) is 23.0. The van der Waals surface area contributed by atoms with Gasteiger partial charge in [-0.15, -0.1) is 0 Å². The molecule has 1 atom stereocenters. The standard InChI is InChI=1S/C13H18N2O3/c1-10-4-5-11(12(8-10)15(16)17)14-9-13(2)6-3-7-18-13/h4-5,8,14H,3,6-7,9H2,1-2H3. The quantitative estimate of drug-likeness (QED) is 0.659. The van der Waals surface area contributed by atoms with E-state index in [-0.39, 0.29) is 16.2 Å². The van der Waals surface area contributed by atoms with Crippen LogP contribution in [-0.4, -0.2) is 23.7 Å². The predicted molar refractivity (Wildman–Crippen MR) is 69.9 cm³/mol. The summed E-state index contributed by atoms with van der Waals surface area (Å²) in [6.45, 7) is 5.25. The topological polar surface area (TPSA) is 64.4 Å². The molecule has 1 aromatic rings. The molecule has 5 nitrogen and oxygen atoms in total. The first-order chi connectivity index (χ1) is 8.50. The van der Waals surface area contributed by atoms with Gasteiger partial charge in [0.05, 0.1) is 10.5 Å². The summed E-state index contributed by atoms with van der Waals surface area (Å²) in [7, 11) is 0. The molecule has 1 aromatic carbocycles. The smallest absolute Gasteiger partial charge is 0.292 e. The molecular formula is C13H18N2O3. The van der Waals surface area contributed by atoms with Gasteiger partial charge in [-0.2, -0.15) is 0 Å². The Hall–Kier alpha value is -1.62. The number of ether oxygens (including phenoxy) is 1. The molecule has 0 aliphatic carbocycles. The summed E-state index contributed by atoms with van der Waals surface area (Å²) < 4.78 is 5.65. The summed E-state index contributed by atoms with van der Waals surface area (Å²) in [6, 6.07) is 5.21. The molecule has 18 heavy (non-hydrogen) atoms. The Kier molecular flexibility index (Phi) is 3.52. The first kappa shape index (κ1) is 12.8. The summed E-state index contributed by atoms with van der Waals surface area (Å²) in [5.41, 5.74) is 1.35. The van der Waals surface area contributed by atoms with Gasteiger partial charge in [-0.05, 0) is 38.3 Å². The fraction of sp³-hybridized carbons (Fsp3) is 0.538. The van der Waals surface area contributed by atoms with Crippen LogP contribution in [0, 0.1) is 17.0 Å². The van der Waals surface area contributed by atoms with Gasteiger partial charge in [-0.1, -0.05) is 6.07 Å². The number of rotatable bonds is 4. The van der Waals surface area contributed by atoms with Crippen molar-refractivity contribution in [1.82, 2.24) is 0 Å². The van der Waals surface area contributed by atoms with E-state index in [4.69, 9.17) is 4.74 Å². The highest BCUT2D eigenvalue weighted by Crippen LogP contribution is 2.29. The Morgan fingerprint density at radius 1 is 1.56 bits per heavy atom. The number of hydrogen-bond donors (Lipinski definition) is 1. The van der Waals surface area contributed by atoms with Crippen molar-refractivity contribution < 1.29 is 9.66 Å². The molecule has 1 fully saturated rings. The fourth-order valence-electron chi connectivity index (χ4n) is 2.20. The summed E-state index contributed by atoms with van der Waals surface area (Å²) in [6.07, 6.45) is 2.04. The summed E-state index contributed by atoms with van der Waals surface area (Å²) in [5.74, 6) is 0. The van der Waals surface area contributed by atoms with Crippen molar-refractivity contribution in [2.24, 2.45) is 0 Å². The second-order valence-electron chi connectivity index (χ2n) is 5.03. The summed E-state index contributed by atoms with van der Waals surface area (Å²) in [5, 5.41) is 14.1. The maximum atomic E-state index is 11.0. The highest BCUT2D eigenvalue weighted by atomic mass is 16.6. The van der Waals surface area contributed by atoms with Crippen molar-refractivity contribution in [3.05, 3.63) is 33.9 Å². The van der Waals surface area contributed by atoms with Crippen LogP contribution in [0.2, 0.25) is 0 Å². The van der Waals surface area contributed by atoms with Gasteiger partial charge in [0.25, 0.3) is 5.69 Å². The molecule has 1 saturated heterocycles. The van der Waals surface area contributed by atoms with Gasteiger partial charge < -0.3 is 10.1 Å². The molecule has 0 bridgehead atoms. The van der Waals surface area contributed by atoms with Gasteiger partial charge in [0.15, 0.2) is 0 Å². The molecule has 1 N–H and O–H groups in total. The SMILES string of the molecule is Cc1ccc(NCC2(C)CCCO2)c([N+](=O)[O-])c1. The first-order valence-corrected chi connectivity index (χ1v) is 6.13. The van der Waals surface area contributed by atoms with E-state index in [1.807, 2.05) is 19.9 Å². The Balaban J connectivity index is 2.11. The lowest BCUT2D eigenvalue weighted by Gasteiger charge is -2.23. The second-order valence-corrected chi connectivity index (χ2v) is 5.03. The van der Waals surface area contributed by atoms with Crippen LogP contribution in [-0.2, 0) is 4.74 Å². The first-order valence-electron chi connectivity index (χ1n) is 6.13. The van der Waals surface area contributed by atoms with Crippen molar-refractivity contribution in [2.45, 2.75) is 32.3 Å². The van der Waals surface area contributed by atoms with Crippen LogP contribution in [0.15, 0.2) is 18.2 Å². The molecule has 5 heteroatoms. The number of nitro benzene ring substituents is 1. The van der Waals surface area contributed by atoms with Crippen molar-refractivity contribution in [3.63, 3.8) is 0 Å². The molecule has 1 aliphatic heterocycles. The van der Waals surface area contributed by atoms with E-state index >= 15 is 0 Å². The second kappa shape index (κ2) is 4.94. The Bertz CT molecular complexity index is 454. The molecule has 0 saturated carbocycles. The van der Waals surface area contributed by atoms with Crippen molar-refractivity contribution in [1.29, 1.82) is 0 Å². The molecule has 0 spiro atoms. The van der Waals surface area contributed by atoms with Gasteiger partial charge in [-0.25, -0.2) is 0 Å². The minimum absolute atomic E-state index is 0.122. The van der Waals surface area contributed by atoms with Gasteiger partial charge in [0, 0.05) is 19.2 Å². The Labute approximate surface area is 106 Å². The largest absolute Gasteiger partial charge is 0.377 e. The molecule has 0 aromatic heterocycles. The van der Waals surface area contributed by atoms with E-state index < -0.39 is 0 Å². The molecule has 1 unspecified atom stereocenters. The van der Waals surface area contributed by atoms with Crippen LogP contribution in [0.25, 0.3) is 0 Å². The number of aryl methyl sites for hydroxylation is 1. The maximum absolute atomic E-state index is 11.0. The Morgan fingerprint density at radius 3 is 2.94 bits per heavy atom. The number of nitrogens with zero attached hydrogens (tertiary/aromatic N) is 1. The predicted octanol–water partition coefficient (Wildman–Crippen LogP) is 2.88. The zero-order valence-corrected chi connectivity index (χ0v) is 10.7. The fourth-order valence-corrected chi connectivity index (χ4v) is 2.20. The van der Waals surface area contributed by atoms with Gasteiger partial charge in [-0.3, -0.25) is 10.1 Å². The van der Waals surface area contributed by atoms with E-state index in [1.165, 1.54) is 0 Å². The van der Waals surface area contributed by atoms with Gasteiger partial charge in [0.2, 0.25) is 0 Å². The van der Waals surface area contributed by atoms with Crippen LogP contribution in [0.1, 0.15) is 25.3 Å². The molecule has 98 valence electrons. The van der Waals surface area contributed by atoms with Gasteiger partial charge in [0.1, 0.15) is 5.69 Å². The van der Waals surface area contributed by atoms with Crippen molar-refractivity contribution >= 4 is 11.4 Å². The van der Waals surface area contributed by atoms with Gasteiger partial charge >= 0.3 is 0 Å². The van der Waals surface area contributed by atoms with E-state index in [1.54, 1.807) is 12.1 Å². The molecular weight excluding hydrogens is 232 g/mol. The van der Waals surface area contributed by atoms with E-state index in [9.17, 15) is 10.1 Å². The van der Waals surface area contributed by atoms with Crippen LogP contribution in [0.5, 0.6) is 0 Å². The van der Waals surface area contributed by atoms with E-state index in [2.05, 4.69) is 5.32 Å². The molecule has 2 rings (SSSR count). The number of benzene rings is 1. The minimum Gasteiger partial charge on any atom is -0.377 e. The third kappa shape index (κ3) is 2.79. The van der Waals surface area contributed by atoms with Crippen LogP contribution < -0.4 is 5.32 Å².